The number of nitrogens with two attached hydrogens (primary N) is 1. The Hall–Kier alpha value is -2.04. The van der Waals surface area contributed by atoms with Crippen LogP contribution in [0.1, 0.15) is 18.1 Å². The first kappa shape index (κ1) is 11.0. The van der Waals surface area contributed by atoms with Crippen LogP contribution in [0.5, 0.6) is 5.75 Å². The maximum atomic E-state index is 10.4. The van der Waals surface area contributed by atoms with Gasteiger partial charge in [0.05, 0.1) is 5.71 Å². The number of nitrogens with zero attached hydrogens (tertiary/aromatic N) is 1. The third kappa shape index (κ3) is 2.98. The van der Waals surface area contributed by atoms with E-state index in [1.807, 2.05) is 6.92 Å². The number of hydrogen-bond acceptors (Lipinski definition) is 3. The van der Waals surface area contributed by atoms with Crippen LogP contribution in [0.25, 0.3) is 0 Å². The van der Waals surface area contributed by atoms with Crippen molar-refractivity contribution in [3.8, 4) is 5.75 Å². The molecule has 5 heteroatoms. The summed E-state index contributed by atoms with van der Waals surface area (Å²) in [4.78, 5) is 10.4. The molecular formula is C10H13N3O2. The van der Waals surface area contributed by atoms with Crippen molar-refractivity contribution in [2.75, 3.05) is 0 Å². The van der Waals surface area contributed by atoms with Gasteiger partial charge in [-0.1, -0.05) is 11.6 Å². The highest BCUT2D eigenvalue weighted by atomic mass is 16.3. The molecule has 80 valence electrons. The van der Waals surface area contributed by atoms with Crippen molar-refractivity contribution in [1.82, 2.24) is 5.43 Å². The monoisotopic (exact) mass is 207 g/mol. The first-order valence-corrected chi connectivity index (χ1v) is 4.40. The summed E-state index contributed by atoms with van der Waals surface area (Å²) in [6.07, 6.45) is 0. The lowest BCUT2D eigenvalue weighted by molar-refractivity contribution is 0.249. The van der Waals surface area contributed by atoms with Crippen molar-refractivity contribution in [3.63, 3.8) is 0 Å². The van der Waals surface area contributed by atoms with E-state index in [2.05, 4.69) is 10.5 Å². The lowest BCUT2D eigenvalue weighted by Gasteiger charge is -2.05. The predicted molar refractivity (Wildman–Crippen MR) is 57.8 cm³/mol. The van der Waals surface area contributed by atoms with Gasteiger partial charge >= 0.3 is 6.03 Å². The van der Waals surface area contributed by atoms with Gasteiger partial charge in [-0.3, -0.25) is 0 Å². The average molecular weight is 207 g/mol. The van der Waals surface area contributed by atoms with Crippen molar-refractivity contribution < 1.29 is 9.90 Å². The lowest BCUT2D eigenvalue weighted by Crippen LogP contribution is -2.25. The molecule has 1 aromatic carbocycles. The smallest absolute Gasteiger partial charge is 0.332 e. The molecule has 15 heavy (non-hydrogen) atoms. The fourth-order valence-corrected chi connectivity index (χ4v) is 1.14. The maximum Gasteiger partial charge on any atom is 0.332 e. The lowest BCUT2D eigenvalue weighted by atomic mass is 10.1. The molecule has 0 aliphatic heterocycles. The number of rotatable bonds is 2. The molecule has 0 aromatic heterocycles. The van der Waals surface area contributed by atoms with Crippen LogP contribution in [0.3, 0.4) is 0 Å². The van der Waals surface area contributed by atoms with Gasteiger partial charge in [-0.15, -0.1) is 0 Å². The Kier molecular flexibility index (Phi) is 3.28. The second-order valence-corrected chi connectivity index (χ2v) is 3.19. The van der Waals surface area contributed by atoms with E-state index in [0.717, 1.165) is 5.56 Å². The number of urea groups is 1. The van der Waals surface area contributed by atoms with Crippen molar-refractivity contribution >= 4 is 11.7 Å². The molecule has 0 spiro atoms. The summed E-state index contributed by atoms with van der Waals surface area (Å²) in [6.45, 7) is 3.57. The Morgan fingerprint density at radius 1 is 1.53 bits per heavy atom. The van der Waals surface area contributed by atoms with Crippen LogP contribution in [0, 0.1) is 6.92 Å². The number of amides is 2. The number of phenols is 1. The Morgan fingerprint density at radius 3 is 2.80 bits per heavy atom. The molecule has 1 rings (SSSR count). The van der Waals surface area contributed by atoms with E-state index >= 15 is 0 Å². The molecule has 0 saturated heterocycles. The highest BCUT2D eigenvalue weighted by molar-refractivity contribution is 6.01. The molecule has 0 fully saturated rings. The van der Waals surface area contributed by atoms with Crippen LogP contribution >= 0.6 is 0 Å². The number of primary amides is 1. The number of aromatic hydroxyl groups is 1. The molecule has 0 heterocycles. The highest BCUT2D eigenvalue weighted by Crippen LogP contribution is 2.18. The third-order valence-electron chi connectivity index (χ3n) is 1.88. The topological polar surface area (TPSA) is 87.7 Å². The number of hydrogen-bond donors (Lipinski definition) is 3. The minimum absolute atomic E-state index is 0.119. The van der Waals surface area contributed by atoms with Crippen molar-refractivity contribution in [1.29, 1.82) is 0 Å². The molecule has 0 bridgehead atoms. The van der Waals surface area contributed by atoms with Gasteiger partial charge in [-0.25, -0.2) is 10.2 Å². The number of hydrazone groups is 1. The largest absolute Gasteiger partial charge is 0.507 e. The molecular weight excluding hydrogens is 194 g/mol. The van der Waals surface area contributed by atoms with Crippen LogP contribution in [0.2, 0.25) is 0 Å². The Morgan fingerprint density at radius 2 is 2.20 bits per heavy atom. The zero-order valence-electron chi connectivity index (χ0n) is 8.61. The summed E-state index contributed by atoms with van der Waals surface area (Å²) in [5, 5.41) is 13.3. The van der Waals surface area contributed by atoms with Gasteiger partial charge in [0.25, 0.3) is 0 Å². The molecule has 0 radical (unpaired) electrons. The van der Waals surface area contributed by atoms with Gasteiger partial charge in [-0.2, -0.15) is 5.10 Å². The number of benzene rings is 1. The summed E-state index contributed by atoms with van der Waals surface area (Å²) < 4.78 is 0. The standard InChI is InChI=1S/C10H13N3O2/c1-6-3-4-9(14)8(5-6)7(2)12-13-10(11)15/h3-5,14H,1-2H3,(H3,11,13,15). The molecule has 0 atom stereocenters. The summed E-state index contributed by atoms with van der Waals surface area (Å²) in [5.41, 5.74) is 9.04. The number of nitrogens with one attached hydrogen (secondary N) is 1. The maximum absolute atomic E-state index is 10.4. The molecule has 5 nitrogen and oxygen atoms in total. The van der Waals surface area contributed by atoms with Gasteiger partial charge in [0.15, 0.2) is 0 Å². The van der Waals surface area contributed by atoms with Crippen LogP contribution in [-0.2, 0) is 0 Å². The molecule has 0 aliphatic rings. The van der Waals surface area contributed by atoms with Crippen LogP contribution in [-0.4, -0.2) is 16.8 Å². The summed E-state index contributed by atoms with van der Waals surface area (Å²) in [6, 6.07) is 4.40. The first-order valence-electron chi connectivity index (χ1n) is 4.40. The van der Waals surface area contributed by atoms with E-state index in [1.54, 1.807) is 25.1 Å². The number of phenolic OH excluding ortho intramolecular Hbond substituents is 1. The first-order chi connectivity index (χ1) is 7.00. The summed E-state index contributed by atoms with van der Waals surface area (Å²) in [7, 11) is 0. The van der Waals surface area contributed by atoms with E-state index in [9.17, 15) is 9.90 Å². The van der Waals surface area contributed by atoms with Gasteiger partial charge in [-0.05, 0) is 26.0 Å². The Labute approximate surface area is 87.6 Å². The SMILES string of the molecule is CC(=NNC(N)=O)c1cc(C)ccc1O. The van der Waals surface area contributed by atoms with Gasteiger partial charge < -0.3 is 10.8 Å². The predicted octanol–water partition coefficient (Wildman–Crippen LogP) is 1.09. The number of carbonyl (C=O) groups excluding carboxylic acids is 1. The second kappa shape index (κ2) is 4.45. The van der Waals surface area contributed by atoms with Gasteiger partial charge in [0.1, 0.15) is 5.75 Å². The molecule has 1 aromatic rings. The van der Waals surface area contributed by atoms with Crippen LogP contribution in [0.15, 0.2) is 23.3 Å². The molecule has 4 N–H and O–H groups in total. The van der Waals surface area contributed by atoms with Crippen molar-refractivity contribution in [3.05, 3.63) is 29.3 Å². The second-order valence-electron chi connectivity index (χ2n) is 3.19. The average Bonchev–Trinajstić information content (AvgIpc) is 2.18. The molecule has 0 saturated carbocycles. The zero-order chi connectivity index (χ0) is 11.4. The third-order valence-corrected chi connectivity index (χ3v) is 1.88. The quantitative estimate of drug-likeness (QED) is 0.500. The number of carbonyl (C=O) groups is 1. The highest BCUT2D eigenvalue weighted by Gasteiger charge is 2.04. The molecule has 0 unspecified atom stereocenters. The normalized spacial score (nSPS) is 11.2. The van der Waals surface area contributed by atoms with E-state index in [-0.39, 0.29) is 5.75 Å². The van der Waals surface area contributed by atoms with Crippen molar-refractivity contribution in [2.24, 2.45) is 10.8 Å². The van der Waals surface area contributed by atoms with E-state index in [1.165, 1.54) is 0 Å². The summed E-state index contributed by atoms with van der Waals surface area (Å²) >= 11 is 0. The van der Waals surface area contributed by atoms with Crippen LogP contribution < -0.4 is 11.2 Å². The van der Waals surface area contributed by atoms with Crippen LogP contribution in [0.4, 0.5) is 4.79 Å². The minimum atomic E-state index is -0.735. The van der Waals surface area contributed by atoms with Crippen molar-refractivity contribution in [2.45, 2.75) is 13.8 Å². The fourth-order valence-electron chi connectivity index (χ4n) is 1.14. The van der Waals surface area contributed by atoms with Gasteiger partial charge in [0, 0.05) is 5.56 Å². The molecule has 2 amide bonds. The Balaban J connectivity index is 2.99. The molecule has 0 aliphatic carbocycles. The van der Waals surface area contributed by atoms with E-state index in [0.29, 0.717) is 11.3 Å². The van der Waals surface area contributed by atoms with E-state index < -0.39 is 6.03 Å². The number of aryl methyl sites for hydroxylation is 1. The zero-order valence-corrected chi connectivity index (χ0v) is 8.61. The minimum Gasteiger partial charge on any atom is -0.507 e. The van der Waals surface area contributed by atoms with Gasteiger partial charge in [0.2, 0.25) is 0 Å². The Bertz CT molecular complexity index is 413. The van der Waals surface area contributed by atoms with E-state index in [4.69, 9.17) is 5.73 Å². The summed E-state index contributed by atoms with van der Waals surface area (Å²) in [5.74, 6) is 0.119. The fraction of sp³-hybridized carbons (Fsp3) is 0.200.